The van der Waals surface area contributed by atoms with E-state index in [9.17, 15) is 0 Å². The van der Waals surface area contributed by atoms with Crippen LogP contribution in [0.2, 0.25) is 0 Å². The SMILES string of the molecule is CC(=NC1CCCC1)C1CCCC(C(C)=NC2C(C)CC(C)CC2C)N1. The summed E-state index contributed by atoms with van der Waals surface area (Å²) in [4.78, 5) is 10.3. The number of piperidine rings is 1. The monoisotopic (exact) mass is 359 g/mol. The summed E-state index contributed by atoms with van der Waals surface area (Å²) in [6.07, 6.45) is 11.7. The van der Waals surface area contributed by atoms with E-state index in [-0.39, 0.29) is 0 Å². The van der Waals surface area contributed by atoms with E-state index >= 15 is 0 Å². The molecular formula is C23H41N3. The molecule has 3 rings (SSSR count). The lowest BCUT2D eigenvalue weighted by Crippen LogP contribution is -2.49. The zero-order valence-corrected chi connectivity index (χ0v) is 17.8. The molecule has 3 fully saturated rings. The van der Waals surface area contributed by atoms with Crippen LogP contribution in [0.25, 0.3) is 0 Å². The highest BCUT2D eigenvalue weighted by atomic mass is 15.0. The normalized spacial score (nSPS) is 40.8. The highest BCUT2D eigenvalue weighted by Gasteiger charge is 2.32. The van der Waals surface area contributed by atoms with Gasteiger partial charge in [0.15, 0.2) is 0 Å². The first-order valence-corrected chi connectivity index (χ1v) is 11.3. The third-order valence-electron chi connectivity index (χ3n) is 7.17. The van der Waals surface area contributed by atoms with Gasteiger partial charge in [0.05, 0.1) is 6.04 Å². The standard InChI is InChI=1S/C23H41N3/c1-15-13-16(2)23(17(3)14-15)25-19(5)22-12-8-11-21(26-22)18(4)24-20-9-6-7-10-20/h15-17,20-23,26H,6-14H2,1-5H3. The molecule has 4 atom stereocenters. The van der Waals surface area contributed by atoms with Gasteiger partial charge in [-0.1, -0.05) is 33.6 Å². The minimum atomic E-state index is 0.446. The smallest absolute Gasteiger partial charge is 0.0550 e. The van der Waals surface area contributed by atoms with Gasteiger partial charge in [-0.3, -0.25) is 9.98 Å². The van der Waals surface area contributed by atoms with Crippen LogP contribution in [0.1, 0.15) is 92.4 Å². The van der Waals surface area contributed by atoms with Crippen molar-refractivity contribution in [1.82, 2.24) is 5.32 Å². The minimum Gasteiger partial charge on any atom is -0.301 e. The van der Waals surface area contributed by atoms with E-state index in [1.165, 1.54) is 69.2 Å². The molecule has 0 spiro atoms. The highest BCUT2D eigenvalue weighted by Crippen LogP contribution is 2.35. The summed E-state index contributed by atoms with van der Waals surface area (Å²) < 4.78 is 0. The van der Waals surface area contributed by atoms with Crippen LogP contribution in [-0.4, -0.2) is 35.6 Å². The van der Waals surface area contributed by atoms with Crippen molar-refractivity contribution in [2.75, 3.05) is 0 Å². The van der Waals surface area contributed by atoms with Crippen molar-refractivity contribution in [2.45, 2.75) is 117 Å². The number of nitrogens with one attached hydrogen (secondary N) is 1. The Labute approximate surface area is 161 Å². The molecule has 3 nitrogen and oxygen atoms in total. The summed E-state index contributed by atoms with van der Waals surface area (Å²) in [5.74, 6) is 2.29. The largest absolute Gasteiger partial charge is 0.301 e. The summed E-state index contributed by atoms with van der Waals surface area (Å²) >= 11 is 0. The van der Waals surface area contributed by atoms with Crippen molar-refractivity contribution < 1.29 is 0 Å². The number of hydrogen-bond donors (Lipinski definition) is 1. The van der Waals surface area contributed by atoms with Crippen LogP contribution in [0.3, 0.4) is 0 Å². The van der Waals surface area contributed by atoms with E-state index in [2.05, 4.69) is 39.9 Å². The lowest BCUT2D eigenvalue weighted by Gasteiger charge is -2.37. The van der Waals surface area contributed by atoms with E-state index < -0.39 is 0 Å². The van der Waals surface area contributed by atoms with E-state index in [1.807, 2.05) is 0 Å². The van der Waals surface area contributed by atoms with Crippen LogP contribution in [0.15, 0.2) is 9.98 Å². The molecule has 0 aromatic rings. The minimum absolute atomic E-state index is 0.446. The molecule has 4 unspecified atom stereocenters. The zero-order chi connectivity index (χ0) is 18.7. The van der Waals surface area contributed by atoms with Crippen LogP contribution in [0, 0.1) is 17.8 Å². The van der Waals surface area contributed by atoms with Crippen LogP contribution in [0.4, 0.5) is 0 Å². The van der Waals surface area contributed by atoms with Crippen molar-refractivity contribution in [3.05, 3.63) is 0 Å². The summed E-state index contributed by atoms with van der Waals surface area (Å²) in [6, 6.07) is 2.02. The second kappa shape index (κ2) is 8.99. The Morgan fingerprint density at radius 2 is 1.27 bits per heavy atom. The van der Waals surface area contributed by atoms with Crippen molar-refractivity contribution in [3.8, 4) is 0 Å². The molecule has 3 heteroatoms. The molecule has 0 radical (unpaired) electrons. The third-order valence-corrected chi connectivity index (χ3v) is 7.17. The maximum atomic E-state index is 5.27. The first-order chi connectivity index (χ1) is 12.4. The van der Waals surface area contributed by atoms with Gasteiger partial charge in [-0.05, 0) is 76.5 Å². The van der Waals surface area contributed by atoms with Gasteiger partial charge >= 0.3 is 0 Å². The quantitative estimate of drug-likeness (QED) is 0.667. The van der Waals surface area contributed by atoms with Crippen molar-refractivity contribution in [2.24, 2.45) is 27.7 Å². The van der Waals surface area contributed by atoms with Crippen molar-refractivity contribution in [3.63, 3.8) is 0 Å². The Bertz CT molecular complexity index is 506. The Balaban J connectivity index is 1.62. The predicted octanol–water partition coefficient (Wildman–Crippen LogP) is 5.43. The fourth-order valence-corrected chi connectivity index (χ4v) is 5.79. The first-order valence-electron chi connectivity index (χ1n) is 11.3. The lowest BCUT2D eigenvalue weighted by atomic mass is 9.74. The summed E-state index contributed by atoms with van der Waals surface area (Å²) in [6.45, 7) is 11.7. The van der Waals surface area contributed by atoms with Crippen LogP contribution in [-0.2, 0) is 0 Å². The Kier molecular flexibility index (Phi) is 6.93. The van der Waals surface area contributed by atoms with Gasteiger partial charge in [-0.2, -0.15) is 0 Å². The number of aliphatic imine (C=N–C) groups is 2. The molecule has 1 N–H and O–H groups in total. The fraction of sp³-hybridized carbons (Fsp3) is 0.913. The van der Waals surface area contributed by atoms with Crippen LogP contribution >= 0.6 is 0 Å². The summed E-state index contributed by atoms with van der Waals surface area (Å²) in [5, 5.41) is 3.89. The van der Waals surface area contributed by atoms with Crippen molar-refractivity contribution >= 4 is 11.4 Å². The van der Waals surface area contributed by atoms with Gasteiger partial charge in [0, 0.05) is 29.5 Å². The van der Waals surface area contributed by atoms with Gasteiger partial charge < -0.3 is 5.32 Å². The molecule has 2 aliphatic carbocycles. The molecule has 148 valence electrons. The number of rotatable bonds is 4. The predicted molar refractivity (Wildman–Crippen MR) is 114 cm³/mol. The second-order valence-electron chi connectivity index (χ2n) is 9.70. The Morgan fingerprint density at radius 1 is 0.731 bits per heavy atom. The Morgan fingerprint density at radius 3 is 1.85 bits per heavy atom. The van der Waals surface area contributed by atoms with Gasteiger partial charge in [-0.15, -0.1) is 0 Å². The third kappa shape index (κ3) is 4.97. The lowest BCUT2D eigenvalue weighted by molar-refractivity contribution is 0.196. The van der Waals surface area contributed by atoms with Crippen LogP contribution < -0.4 is 5.32 Å². The van der Waals surface area contributed by atoms with Crippen molar-refractivity contribution in [1.29, 1.82) is 0 Å². The fourth-order valence-electron chi connectivity index (χ4n) is 5.79. The topological polar surface area (TPSA) is 36.8 Å². The zero-order valence-electron chi connectivity index (χ0n) is 17.8. The molecule has 1 aliphatic heterocycles. The van der Waals surface area contributed by atoms with Gasteiger partial charge in [0.25, 0.3) is 0 Å². The first kappa shape index (κ1) is 20.0. The average molecular weight is 360 g/mol. The molecule has 3 aliphatic rings. The molecule has 1 saturated heterocycles. The molecule has 0 bridgehead atoms. The highest BCUT2D eigenvalue weighted by molar-refractivity contribution is 5.91. The molecule has 0 aromatic heterocycles. The van der Waals surface area contributed by atoms with E-state index in [0.717, 1.165) is 5.92 Å². The van der Waals surface area contributed by atoms with E-state index in [4.69, 9.17) is 9.98 Å². The summed E-state index contributed by atoms with van der Waals surface area (Å²) in [7, 11) is 0. The summed E-state index contributed by atoms with van der Waals surface area (Å²) in [5.41, 5.74) is 2.67. The van der Waals surface area contributed by atoms with Crippen LogP contribution in [0.5, 0.6) is 0 Å². The number of nitrogens with zero attached hydrogens (tertiary/aromatic N) is 2. The molecule has 0 aromatic carbocycles. The maximum absolute atomic E-state index is 5.27. The average Bonchev–Trinajstić information content (AvgIpc) is 3.11. The second-order valence-corrected chi connectivity index (χ2v) is 9.70. The molecule has 1 heterocycles. The van der Waals surface area contributed by atoms with Gasteiger partial charge in [0.1, 0.15) is 0 Å². The molecular weight excluding hydrogens is 318 g/mol. The molecule has 2 saturated carbocycles. The van der Waals surface area contributed by atoms with Gasteiger partial charge in [-0.25, -0.2) is 0 Å². The van der Waals surface area contributed by atoms with E-state index in [0.29, 0.717) is 36.0 Å². The molecule has 0 amide bonds. The maximum Gasteiger partial charge on any atom is 0.0550 e. The van der Waals surface area contributed by atoms with E-state index in [1.54, 1.807) is 0 Å². The Hall–Kier alpha value is -0.700. The molecule has 26 heavy (non-hydrogen) atoms. The number of hydrogen-bond acceptors (Lipinski definition) is 3. The van der Waals surface area contributed by atoms with Gasteiger partial charge in [0.2, 0.25) is 0 Å².